The number of thiocarbonyl (C=S) groups is 1. The number of morpholine rings is 1. The molecule has 1 heterocycles. The van der Waals surface area contributed by atoms with E-state index >= 15 is 0 Å². The maximum absolute atomic E-state index is 13.0. The van der Waals surface area contributed by atoms with Gasteiger partial charge in [0.1, 0.15) is 18.9 Å². The lowest BCUT2D eigenvalue weighted by Gasteiger charge is -2.24. The molecule has 1 aromatic rings. The van der Waals surface area contributed by atoms with E-state index in [1.165, 1.54) is 17.0 Å². The van der Waals surface area contributed by atoms with E-state index in [2.05, 4.69) is 10.6 Å². The number of nitrogens with one attached hydrogen (secondary N) is 3. The second-order valence-electron chi connectivity index (χ2n) is 4.62. The fourth-order valence-electron chi connectivity index (χ4n) is 2.01. The Balaban J connectivity index is 1.70. The Kier molecular flexibility index (Phi) is 5.97. The summed E-state index contributed by atoms with van der Waals surface area (Å²) in [5.41, 5.74) is 0.674. The van der Waals surface area contributed by atoms with E-state index in [1.54, 1.807) is 6.07 Å². The van der Waals surface area contributed by atoms with Crippen molar-refractivity contribution in [2.75, 3.05) is 44.7 Å². The Morgan fingerprint density at radius 1 is 1.40 bits per heavy atom. The van der Waals surface area contributed by atoms with Crippen molar-refractivity contribution in [2.45, 2.75) is 0 Å². The highest BCUT2D eigenvalue weighted by atomic mass is 35.5. The van der Waals surface area contributed by atoms with Crippen molar-refractivity contribution >= 4 is 34.6 Å². The third kappa shape index (κ3) is 4.86. The van der Waals surface area contributed by atoms with Crippen LogP contribution in [0.5, 0.6) is 0 Å². The van der Waals surface area contributed by atoms with E-state index < -0.39 is 5.82 Å². The second-order valence-corrected chi connectivity index (χ2v) is 5.44. The quantitative estimate of drug-likeness (QED) is 0.714. The van der Waals surface area contributed by atoms with E-state index in [4.69, 9.17) is 28.6 Å². The van der Waals surface area contributed by atoms with Gasteiger partial charge in [0.05, 0.1) is 31.3 Å². The Hall–Kier alpha value is -0.950. The van der Waals surface area contributed by atoms with E-state index in [0.29, 0.717) is 10.8 Å². The number of rotatable bonds is 4. The van der Waals surface area contributed by atoms with Crippen molar-refractivity contribution in [3.63, 3.8) is 0 Å². The SMILES string of the molecule is Fc1ccc(NC(=S)NCC[NH+]2CCOCC2)cc1Cl. The van der Waals surface area contributed by atoms with Crippen molar-refractivity contribution in [3.05, 3.63) is 29.0 Å². The molecule has 0 aliphatic carbocycles. The molecule has 20 heavy (non-hydrogen) atoms. The molecule has 1 aromatic carbocycles. The first-order chi connectivity index (χ1) is 9.65. The smallest absolute Gasteiger partial charge is 0.170 e. The van der Waals surface area contributed by atoms with Crippen molar-refractivity contribution in [1.82, 2.24) is 5.32 Å². The van der Waals surface area contributed by atoms with Crippen LogP contribution in [0.4, 0.5) is 10.1 Å². The second kappa shape index (κ2) is 7.73. The first-order valence-electron chi connectivity index (χ1n) is 6.56. The van der Waals surface area contributed by atoms with Gasteiger partial charge in [-0.1, -0.05) is 11.6 Å². The number of ether oxygens (including phenoxy) is 1. The molecule has 4 nitrogen and oxygen atoms in total. The van der Waals surface area contributed by atoms with Crippen molar-refractivity contribution in [2.24, 2.45) is 0 Å². The molecule has 1 saturated heterocycles. The van der Waals surface area contributed by atoms with Gasteiger partial charge in [0.2, 0.25) is 0 Å². The van der Waals surface area contributed by atoms with Crippen LogP contribution in [0.15, 0.2) is 18.2 Å². The van der Waals surface area contributed by atoms with Gasteiger partial charge < -0.3 is 20.3 Å². The predicted molar refractivity (Wildman–Crippen MR) is 82.0 cm³/mol. The number of hydrogen-bond donors (Lipinski definition) is 3. The lowest BCUT2D eigenvalue weighted by atomic mass is 10.3. The van der Waals surface area contributed by atoms with Gasteiger partial charge in [0.25, 0.3) is 0 Å². The zero-order valence-corrected chi connectivity index (χ0v) is 12.6. The van der Waals surface area contributed by atoms with E-state index in [1.807, 2.05) is 0 Å². The van der Waals surface area contributed by atoms with Crippen LogP contribution >= 0.6 is 23.8 Å². The van der Waals surface area contributed by atoms with Gasteiger partial charge in [0, 0.05) is 5.69 Å². The molecule has 110 valence electrons. The molecule has 0 radical (unpaired) electrons. The van der Waals surface area contributed by atoms with Crippen LogP contribution in [0, 0.1) is 5.82 Å². The van der Waals surface area contributed by atoms with Gasteiger partial charge in [0.15, 0.2) is 5.11 Å². The molecule has 1 aliphatic heterocycles. The predicted octanol–water partition coefficient (Wildman–Crippen LogP) is 0.681. The molecule has 2 rings (SSSR count). The van der Waals surface area contributed by atoms with Gasteiger partial charge in [-0.25, -0.2) is 4.39 Å². The highest BCUT2D eigenvalue weighted by Crippen LogP contribution is 2.19. The summed E-state index contributed by atoms with van der Waals surface area (Å²) in [6.07, 6.45) is 0. The molecule has 7 heteroatoms. The minimum atomic E-state index is -0.438. The molecule has 3 N–H and O–H groups in total. The Labute approximate surface area is 128 Å². The number of quaternary nitrogens is 1. The van der Waals surface area contributed by atoms with Crippen LogP contribution in [0.2, 0.25) is 5.02 Å². The highest BCUT2D eigenvalue weighted by Gasteiger charge is 2.12. The molecule has 0 atom stereocenters. The molecule has 1 fully saturated rings. The minimum absolute atomic E-state index is 0.0792. The third-order valence-corrected chi connectivity index (χ3v) is 3.68. The summed E-state index contributed by atoms with van der Waals surface area (Å²) in [4.78, 5) is 1.51. The van der Waals surface area contributed by atoms with Crippen LogP contribution in [0.25, 0.3) is 0 Å². The summed E-state index contributed by atoms with van der Waals surface area (Å²) >= 11 is 10.9. The maximum Gasteiger partial charge on any atom is 0.170 e. The summed E-state index contributed by atoms with van der Waals surface area (Å²) in [7, 11) is 0. The highest BCUT2D eigenvalue weighted by molar-refractivity contribution is 7.80. The van der Waals surface area contributed by atoms with Crippen molar-refractivity contribution < 1.29 is 14.0 Å². The normalized spacial score (nSPS) is 15.9. The van der Waals surface area contributed by atoms with Crippen LogP contribution in [0.3, 0.4) is 0 Å². The average Bonchev–Trinajstić information content (AvgIpc) is 2.44. The maximum atomic E-state index is 13.0. The Morgan fingerprint density at radius 2 is 2.15 bits per heavy atom. The Bertz CT molecular complexity index is 469. The van der Waals surface area contributed by atoms with Crippen LogP contribution in [-0.4, -0.2) is 44.5 Å². The number of halogens is 2. The van der Waals surface area contributed by atoms with Crippen molar-refractivity contribution in [1.29, 1.82) is 0 Å². The van der Waals surface area contributed by atoms with Gasteiger partial charge >= 0.3 is 0 Å². The number of anilines is 1. The van der Waals surface area contributed by atoms with Crippen molar-refractivity contribution in [3.8, 4) is 0 Å². The molecule has 0 bridgehead atoms. The molecule has 0 unspecified atom stereocenters. The standard InChI is InChI=1S/C13H17ClFN3OS/c14-11-9-10(1-2-12(11)15)17-13(20)16-3-4-18-5-7-19-8-6-18/h1-2,9H,3-8H2,(H2,16,17,20)/p+1. The first kappa shape index (κ1) is 15.4. The topological polar surface area (TPSA) is 37.7 Å². The zero-order chi connectivity index (χ0) is 14.4. The molecule has 0 spiro atoms. The summed E-state index contributed by atoms with van der Waals surface area (Å²) in [5, 5.41) is 6.71. The summed E-state index contributed by atoms with van der Waals surface area (Å²) in [6, 6.07) is 4.42. The molecular formula is C13H18ClFN3OS+. The lowest BCUT2D eigenvalue weighted by Crippen LogP contribution is -3.14. The summed E-state index contributed by atoms with van der Waals surface area (Å²) in [6.45, 7) is 5.51. The largest absolute Gasteiger partial charge is 0.370 e. The molecular weight excluding hydrogens is 301 g/mol. The molecule has 1 aliphatic rings. The van der Waals surface area contributed by atoms with Gasteiger partial charge in [-0.2, -0.15) is 0 Å². The molecule has 0 aromatic heterocycles. The van der Waals surface area contributed by atoms with Crippen LogP contribution in [-0.2, 0) is 4.74 Å². The fourth-order valence-corrected chi connectivity index (χ4v) is 2.41. The average molecular weight is 319 g/mol. The lowest BCUT2D eigenvalue weighted by molar-refractivity contribution is -0.906. The monoisotopic (exact) mass is 318 g/mol. The number of hydrogen-bond acceptors (Lipinski definition) is 2. The summed E-state index contributed by atoms with van der Waals surface area (Å²) in [5.74, 6) is -0.438. The van der Waals surface area contributed by atoms with E-state index in [0.717, 1.165) is 39.4 Å². The zero-order valence-electron chi connectivity index (χ0n) is 11.0. The minimum Gasteiger partial charge on any atom is -0.370 e. The third-order valence-electron chi connectivity index (χ3n) is 3.14. The number of benzene rings is 1. The van der Waals surface area contributed by atoms with E-state index in [9.17, 15) is 4.39 Å². The molecule has 0 amide bonds. The van der Waals surface area contributed by atoms with Crippen LogP contribution in [0.1, 0.15) is 0 Å². The first-order valence-corrected chi connectivity index (χ1v) is 7.35. The fraction of sp³-hybridized carbons (Fsp3) is 0.462. The van der Waals surface area contributed by atoms with Gasteiger partial charge in [-0.05, 0) is 30.4 Å². The van der Waals surface area contributed by atoms with Gasteiger partial charge in [-0.3, -0.25) is 0 Å². The summed E-state index contributed by atoms with van der Waals surface area (Å²) < 4.78 is 18.3. The van der Waals surface area contributed by atoms with Crippen LogP contribution < -0.4 is 15.5 Å². The molecule has 0 saturated carbocycles. The van der Waals surface area contributed by atoms with Gasteiger partial charge in [-0.15, -0.1) is 0 Å². The Morgan fingerprint density at radius 3 is 2.85 bits per heavy atom. The van der Waals surface area contributed by atoms with E-state index in [-0.39, 0.29) is 5.02 Å².